The van der Waals surface area contributed by atoms with Gasteiger partial charge >= 0.3 is 6.18 Å². The molecule has 156 valence electrons. The predicted molar refractivity (Wildman–Crippen MR) is 101 cm³/mol. The molecule has 0 atom stereocenters. The number of oxime groups is 1. The maximum Gasteiger partial charge on any atom is 0.416 e. The van der Waals surface area contributed by atoms with E-state index in [1.54, 1.807) is 0 Å². The van der Waals surface area contributed by atoms with Gasteiger partial charge in [-0.3, -0.25) is 0 Å². The number of rotatable bonds is 4. The smallest absolute Gasteiger partial charge is 0.416 e. The largest absolute Gasteiger partial charge is 0.508 e. The summed E-state index contributed by atoms with van der Waals surface area (Å²) in [5.74, 6) is -1.58. The quantitative estimate of drug-likeness (QED) is 0.191. The molecule has 0 radical (unpaired) electrons. The number of hydrogen-bond donors (Lipinski definition) is 3. The summed E-state index contributed by atoms with van der Waals surface area (Å²) < 4.78 is 59.8. The summed E-state index contributed by atoms with van der Waals surface area (Å²) in [7, 11) is 1.26. The number of alkyl halides is 3. The number of aromatic hydroxyl groups is 1. The van der Waals surface area contributed by atoms with Gasteiger partial charge in [0.25, 0.3) is 0 Å². The first kappa shape index (κ1) is 20.9. The van der Waals surface area contributed by atoms with Gasteiger partial charge in [0.1, 0.15) is 11.6 Å². The molecule has 1 aromatic heterocycles. The molecule has 0 bridgehead atoms. The van der Waals surface area contributed by atoms with E-state index in [0.717, 1.165) is 18.3 Å². The Hall–Kier alpha value is -3.82. The second kappa shape index (κ2) is 7.90. The van der Waals surface area contributed by atoms with Crippen molar-refractivity contribution in [1.29, 1.82) is 0 Å². The number of halogens is 4. The molecule has 0 amide bonds. The molecule has 0 aliphatic rings. The Kier molecular flexibility index (Phi) is 5.50. The Labute approximate surface area is 167 Å². The zero-order valence-corrected chi connectivity index (χ0v) is 15.4. The Morgan fingerprint density at radius 3 is 2.33 bits per heavy atom. The second-order valence-corrected chi connectivity index (χ2v) is 6.19. The van der Waals surface area contributed by atoms with E-state index in [2.05, 4.69) is 10.1 Å². The molecule has 2 aromatic carbocycles. The fourth-order valence-electron chi connectivity index (χ4n) is 2.99. The van der Waals surface area contributed by atoms with Crippen molar-refractivity contribution in [3.8, 4) is 33.9 Å². The average Bonchev–Trinajstić information content (AvgIpc) is 2.72. The first-order chi connectivity index (χ1) is 14.2. The second-order valence-electron chi connectivity index (χ2n) is 6.19. The molecule has 10 heteroatoms. The molecule has 0 aliphatic heterocycles. The monoisotopic (exact) mass is 421 g/mol. The zero-order valence-electron chi connectivity index (χ0n) is 15.4. The van der Waals surface area contributed by atoms with Crippen LogP contribution in [-0.2, 0) is 6.18 Å². The van der Waals surface area contributed by atoms with Crippen LogP contribution in [0.2, 0.25) is 0 Å². The molecule has 6 nitrogen and oxygen atoms in total. The fraction of sp³-hybridized carbons (Fsp3) is 0.100. The number of phenols is 1. The van der Waals surface area contributed by atoms with E-state index in [1.165, 1.54) is 31.4 Å². The summed E-state index contributed by atoms with van der Waals surface area (Å²) in [5.41, 5.74) is 4.55. The van der Waals surface area contributed by atoms with Crippen molar-refractivity contribution in [2.75, 3.05) is 7.11 Å². The van der Waals surface area contributed by atoms with E-state index in [4.69, 9.17) is 15.7 Å². The highest BCUT2D eigenvalue weighted by atomic mass is 19.4. The number of phenolic OH excluding ortho intramolecular Hbond substituents is 1. The molecule has 0 saturated heterocycles. The van der Waals surface area contributed by atoms with Gasteiger partial charge in [0.15, 0.2) is 5.84 Å². The normalized spacial score (nSPS) is 12.1. The van der Waals surface area contributed by atoms with Crippen LogP contribution in [0.3, 0.4) is 0 Å². The maximum absolute atomic E-state index is 14.0. The highest BCUT2D eigenvalue weighted by Gasteiger charge is 2.34. The van der Waals surface area contributed by atoms with Gasteiger partial charge < -0.3 is 20.8 Å². The fourth-order valence-corrected chi connectivity index (χ4v) is 2.99. The standard InChI is InChI=1S/C20H15F4N3O3/c1-30-19-16(8-12(21)9-26-19)17-14(10-2-4-13(28)5-3-10)6-11(20(22,23)24)7-15(17)18(25)27-29/h2-9,28-29H,1H3,(H2,25,27). The lowest BCUT2D eigenvalue weighted by atomic mass is 9.88. The van der Waals surface area contributed by atoms with Crippen LogP contribution in [0.25, 0.3) is 22.3 Å². The molecule has 3 aromatic rings. The number of aromatic nitrogens is 1. The summed E-state index contributed by atoms with van der Waals surface area (Å²) >= 11 is 0. The van der Waals surface area contributed by atoms with Gasteiger partial charge in [-0.2, -0.15) is 13.2 Å². The minimum Gasteiger partial charge on any atom is -0.508 e. The third kappa shape index (κ3) is 3.97. The van der Waals surface area contributed by atoms with Crippen LogP contribution in [0.5, 0.6) is 11.6 Å². The van der Waals surface area contributed by atoms with Gasteiger partial charge in [0.2, 0.25) is 5.88 Å². The topological polar surface area (TPSA) is 101 Å². The van der Waals surface area contributed by atoms with Crippen molar-refractivity contribution >= 4 is 5.84 Å². The summed E-state index contributed by atoms with van der Waals surface area (Å²) in [5, 5.41) is 21.5. The maximum atomic E-state index is 14.0. The van der Waals surface area contributed by atoms with Gasteiger partial charge in [0, 0.05) is 16.7 Å². The Bertz CT molecular complexity index is 1110. The van der Waals surface area contributed by atoms with Crippen LogP contribution in [0.15, 0.2) is 53.8 Å². The number of amidine groups is 1. The zero-order chi connectivity index (χ0) is 22.1. The van der Waals surface area contributed by atoms with Crippen LogP contribution in [0.1, 0.15) is 11.1 Å². The summed E-state index contributed by atoms with van der Waals surface area (Å²) in [6.45, 7) is 0. The van der Waals surface area contributed by atoms with Gasteiger partial charge in [-0.05, 0) is 41.5 Å². The Morgan fingerprint density at radius 1 is 1.10 bits per heavy atom. The van der Waals surface area contributed by atoms with E-state index in [-0.39, 0.29) is 39.4 Å². The molecular weight excluding hydrogens is 406 g/mol. The van der Waals surface area contributed by atoms with E-state index >= 15 is 0 Å². The van der Waals surface area contributed by atoms with E-state index in [1.807, 2.05) is 0 Å². The van der Waals surface area contributed by atoms with Crippen LogP contribution in [0.4, 0.5) is 17.6 Å². The number of nitrogens with zero attached hydrogens (tertiary/aromatic N) is 2. The molecule has 3 rings (SSSR count). The van der Waals surface area contributed by atoms with Crippen LogP contribution >= 0.6 is 0 Å². The number of methoxy groups -OCH3 is 1. The highest BCUT2D eigenvalue weighted by Crippen LogP contribution is 2.43. The first-order valence-corrected chi connectivity index (χ1v) is 8.38. The third-order valence-corrected chi connectivity index (χ3v) is 4.31. The van der Waals surface area contributed by atoms with Crippen molar-refractivity contribution in [2.24, 2.45) is 10.9 Å². The summed E-state index contributed by atoms with van der Waals surface area (Å²) in [4.78, 5) is 3.82. The van der Waals surface area contributed by atoms with Crippen molar-refractivity contribution in [3.63, 3.8) is 0 Å². The molecule has 1 heterocycles. The van der Waals surface area contributed by atoms with Crippen LogP contribution < -0.4 is 10.5 Å². The van der Waals surface area contributed by atoms with Gasteiger partial charge in [-0.25, -0.2) is 9.37 Å². The van der Waals surface area contributed by atoms with Crippen molar-refractivity contribution in [2.45, 2.75) is 6.18 Å². The minimum absolute atomic E-state index is 0.00380. The lowest BCUT2D eigenvalue weighted by Crippen LogP contribution is -2.17. The Balaban J connectivity index is 2.50. The van der Waals surface area contributed by atoms with Crippen LogP contribution in [-0.4, -0.2) is 28.2 Å². The minimum atomic E-state index is -4.75. The molecule has 0 spiro atoms. The predicted octanol–water partition coefficient (Wildman–Crippen LogP) is 4.38. The first-order valence-electron chi connectivity index (χ1n) is 8.38. The molecule has 30 heavy (non-hydrogen) atoms. The molecule has 0 unspecified atom stereocenters. The molecular formula is C20H15F4N3O3. The van der Waals surface area contributed by atoms with Crippen molar-refractivity contribution in [1.82, 2.24) is 4.98 Å². The Morgan fingerprint density at radius 2 is 1.77 bits per heavy atom. The SMILES string of the molecule is COc1ncc(F)cc1-c1c(/C(N)=N/O)cc(C(F)(F)F)cc1-c1ccc(O)cc1. The van der Waals surface area contributed by atoms with E-state index in [9.17, 15) is 22.7 Å². The number of ether oxygens (including phenoxy) is 1. The molecule has 0 aliphatic carbocycles. The van der Waals surface area contributed by atoms with Gasteiger partial charge in [0.05, 0.1) is 18.9 Å². The lowest BCUT2D eigenvalue weighted by molar-refractivity contribution is -0.137. The highest BCUT2D eigenvalue weighted by molar-refractivity contribution is 6.07. The van der Waals surface area contributed by atoms with Crippen molar-refractivity contribution < 1.29 is 32.6 Å². The van der Waals surface area contributed by atoms with Crippen molar-refractivity contribution in [3.05, 3.63) is 65.6 Å². The molecule has 4 N–H and O–H groups in total. The third-order valence-electron chi connectivity index (χ3n) is 4.31. The number of nitrogens with two attached hydrogens (primary N) is 1. The summed E-state index contributed by atoms with van der Waals surface area (Å²) in [6, 6.07) is 7.88. The number of benzene rings is 2. The van der Waals surface area contributed by atoms with Gasteiger partial charge in [-0.1, -0.05) is 17.3 Å². The van der Waals surface area contributed by atoms with E-state index < -0.39 is 23.4 Å². The number of hydrogen-bond acceptors (Lipinski definition) is 5. The number of pyridine rings is 1. The van der Waals surface area contributed by atoms with Crippen LogP contribution in [0, 0.1) is 5.82 Å². The average molecular weight is 421 g/mol. The van der Waals surface area contributed by atoms with E-state index in [0.29, 0.717) is 6.07 Å². The molecule has 0 saturated carbocycles. The van der Waals surface area contributed by atoms with Gasteiger partial charge in [-0.15, -0.1) is 0 Å². The molecule has 0 fully saturated rings. The lowest BCUT2D eigenvalue weighted by Gasteiger charge is -2.19. The summed E-state index contributed by atoms with van der Waals surface area (Å²) in [6.07, 6.45) is -3.87.